The molecule has 0 aromatic rings. The highest BCUT2D eigenvalue weighted by molar-refractivity contribution is 5.09. The van der Waals surface area contributed by atoms with E-state index in [2.05, 4.69) is 6.92 Å². The van der Waals surface area contributed by atoms with Crippen molar-refractivity contribution >= 4 is 0 Å². The molecule has 5 aliphatic rings. The Morgan fingerprint density at radius 2 is 1.65 bits per heavy atom. The predicted octanol–water partition coefficient (Wildman–Crippen LogP) is 4.16. The second-order valence-corrected chi connectivity index (χ2v) is 7.46. The molecular formula is C16H26O. The zero-order chi connectivity index (χ0) is 11.5. The molecular weight excluding hydrogens is 208 g/mol. The van der Waals surface area contributed by atoms with Gasteiger partial charge in [-0.15, -0.1) is 0 Å². The van der Waals surface area contributed by atoms with E-state index in [9.17, 15) is 0 Å². The summed E-state index contributed by atoms with van der Waals surface area (Å²) in [5.74, 6) is 3.17. The van der Waals surface area contributed by atoms with Gasteiger partial charge in [-0.05, 0) is 75.0 Å². The molecule has 1 nitrogen and oxygen atoms in total. The molecule has 0 amide bonds. The summed E-state index contributed by atoms with van der Waals surface area (Å²) in [7, 11) is 0. The Kier molecular flexibility index (Phi) is 2.38. The molecule has 5 aliphatic carbocycles. The number of hydrogen-bond donors (Lipinski definition) is 0. The normalized spacial score (nSPS) is 50.3. The fraction of sp³-hybridized carbons (Fsp3) is 1.00. The number of rotatable bonds is 3. The third kappa shape index (κ3) is 1.54. The average molecular weight is 234 g/mol. The van der Waals surface area contributed by atoms with Crippen molar-refractivity contribution in [1.29, 1.82) is 0 Å². The fourth-order valence-corrected chi connectivity index (χ4v) is 5.97. The molecule has 0 aromatic carbocycles. The lowest BCUT2D eigenvalue weighted by Gasteiger charge is -2.39. The van der Waals surface area contributed by atoms with Crippen molar-refractivity contribution in [2.45, 2.75) is 76.9 Å². The van der Waals surface area contributed by atoms with Gasteiger partial charge in [-0.1, -0.05) is 12.8 Å². The van der Waals surface area contributed by atoms with Crippen molar-refractivity contribution in [2.24, 2.45) is 23.2 Å². The summed E-state index contributed by atoms with van der Waals surface area (Å²) in [6, 6.07) is 0. The van der Waals surface area contributed by atoms with E-state index in [4.69, 9.17) is 4.74 Å². The molecule has 3 unspecified atom stereocenters. The van der Waals surface area contributed by atoms with Crippen molar-refractivity contribution in [3.05, 3.63) is 0 Å². The molecule has 0 saturated heterocycles. The van der Waals surface area contributed by atoms with Crippen LogP contribution in [0.1, 0.15) is 64.7 Å². The first kappa shape index (κ1) is 10.8. The summed E-state index contributed by atoms with van der Waals surface area (Å²) < 4.78 is 6.47. The zero-order valence-corrected chi connectivity index (χ0v) is 11.2. The topological polar surface area (TPSA) is 9.23 Å². The minimum absolute atomic E-state index is 0.547. The molecule has 4 bridgehead atoms. The molecule has 5 rings (SSSR count). The summed E-state index contributed by atoms with van der Waals surface area (Å²) in [5, 5.41) is 0. The van der Waals surface area contributed by atoms with Gasteiger partial charge < -0.3 is 4.74 Å². The number of ether oxygens (including phenoxy) is 1. The predicted molar refractivity (Wildman–Crippen MR) is 68.8 cm³/mol. The Labute approximate surface area is 105 Å². The first-order valence-electron chi connectivity index (χ1n) is 7.92. The van der Waals surface area contributed by atoms with E-state index in [0.717, 1.165) is 17.8 Å². The first-order valence-corrected chi connectivity index (χ1v) is 7.92. The van der Waals surface area contributed by atoms with Gasteiger partial charge in [-0.2, -0.15) is 0 Å². The Hall–Kier alpha value is -0.0400. The molecule has 1 heteroatoms. The van der Waals surface area contributed by atoms with Crippen LogP contribution < -0.4 is 0 Å². The van der Waals surface area contributed by atoms with Crippen LogP contribution in [0, 0.1) is 23.2 Å². The van der Waals surface area contributed by atoms with Gasteiger partial charge in [0.15, 0.2) is 0 Å². The molecule has 3 atom stereocenters. The third-order valence-electron chi connectivity index (χ3n) is 6.56. The molecule has 0 heterocycles. The smallest absolute Gasteiger partial charge is 0.0609 e. The zero-order valence-electron chi connectivity index (χ0n) is 11.2. The average Bonchev–Trinajstić information content (AvgIpc) is 2.93. The van der Waals surface area contributed by atoms with E-state index in [0.29, 0.717) is 17.6 Å². The monoisotopic (exact) mass is 234 g/mol. The largest absolute Gasteiger partial charge is 0.375 e. The fourth-order valence-electron chi connectivity index (χ4n) is 5.97. The highest BCUT2D eigenvalue weighted by Gasteiger charge is 2.60. The van der Waals surface area contributed by atoms with Crippen LogP contribution in [0.25, 0.3) is 0 Å². The van der Waals surface area contributed by atoms with Crippen LogP contribution in [0.4, 0.5) is 0 Å². The second kappa shape index (κ2) is 3.73. The maximum atomic E-state index is 6.47. The van der Waals surface area contributed by atoms with Crippen LogP contribution >= 0.6 is 0 Å². The Morgan fingerprint density at radius 1 is 1.00 bits per heavy atom. The van der Waals surface area contributed by atoms with Gasteiger partial charge >= 0.3 is 0 Å². The van der Waals surface area contributed by atoms with Crippen molar-refractivity contribution in [3.8, 4) is 0 Å². The first-order chi connectivity index (χ1) is 8.26. The highest BCUT2D eigenvalue weighted by atomic mass is 16.5. The molecule has 5 saturated carbocycles. The van der Waals surface area contributed by atoms with Gasteiger partial charge in [0.2, 0.25) is 0 Å². The van der Waals surface area contributed by atoms with Gasteiger partial charge in [0.1, 0.15) is 0 Å². The van der Waals surface area contributed by atoms with Crippen LogP contribution in [0.3, 0.4) is 0 Å². The lowest BCUT2D eigenvalue weighted by atomic mass is 9.72. The molecule has 0 spiro atoms. The van der Waals surface area contributed by atoms with E-state index < -0.39 is 0 Å². The summed E-state index contributed by atoms with van der Waals surface area (Å²) in [6.45, 7) is 2.40. The summed E-state index contributed by atoms with van der Waals surface area (Å²) >= 11 is 0. The standard InChI is InChI=1S/C16H26O/c1-11(17-15-4-2-3-5-15)16-9-12-6-13(10-16)8-14(16)7-12/h11-15H,2-10H2,1H3. The summed E-state index contributed by atoms with van der Waals surface area (Å²) in [5.41, 5.74) is 0.621. The van der Waals surface area contributed by atoms with Crippen molar-refractivity contribution in [1.82, 2.24) is 0 Å². The van der Waals surface area contributed by atoms with E-state index >= 15 is 0 Å². The molecule has 17 heavy (non-hydrogen) atoms. The van der Waals surface area contributed by atoms with Crippen molar-refractivity contribution in [3.63, 3.8) is 0 Å². The number of hydrogen-bond acceptors (Lipinski definition) is 1. The van der Waals surface area contributed by atoms with E-state index in [1.807, 2.05) is 0 Å². The van der Waals surface area contributed by atoms with Crippen LogP contribution in [0.5, 0.6) is 0 Å². The van der Waals surface area contributed by atoms with Gasteiger partial charge in [0.05, 0.1) is 12.2 Å². The van der Waals surface area contributed by atoms with Gasteiger partial charge in [0.25, 0.3) is 0 Å². The quantitative estimate of drug-likeness (QED) is 0.712. The van der Waals surface area contributed by atoms with Crippen molar-refractivity contribution in [2.75, 3.05) is 0 Å². The Morgan fingerprint density at radius 3 is 2.29 bits per heavy atom. The van der Waals surface area contributed by atoms with Crippen LogP contribution in [0.15, 0.2) is 0 Å². The molecule has 0 aromatic heterocycles. The molecule has 5 fully saturated rings. The second-order valence-electron chi connectivity index (χ2n) is 7.46. The third-order valence-corrected chi connectivity index (χ3v) is 6.56. The minimum Gasteiger partial charge on any atom is -0.375 e. The molecule has 0 aliphatic heterocycles. The Bertz CT molecular complexity index is 291. The molecule has 96 valence electrons. The maximum Gasteiger partial charge on any atom is 0.0609 e. The van der Waals surface area contributed by atoms with E-state index in [-0.39, 0.29) is 0 Å². The Balaban J connectivity index is 1.50. The molecule has 0 N–H and O–H groups in total. The van der Waals surface area contributed by atoms with Crippen molar-refractivity contribution < 1.29 is 4.74 Å². The van der Waals surface area contributed by atoms with E-state index in [1.165, 1.54) is 51.4 Å². The minimum atomic E-state index is 0.547. The highest BCUT2D eigenvalue weighted by Crippen LogP contribution is 2.67. The lowest BCUT2D eigenvalue weighted by molar-refractivity contribution is -0.0835. The summed E-state index contributed by atoms with van der Waals surface area (Å²) in [4.78, 5) is 0. The van der Waals surface area contributed by atoms with Gasteiger partial charge in [0, 0.05) is 0 Å². The van der Waals surface area contributed by atoms with Gasteiger partial charge in [-0.25, -0.2) is 0 Å². The van der Waals surface area contributed by atoms with Crippen LogP contribution in [0.2, 0.25) is 0 Å². The maximum absolute atomic E-state index is 6.47. The SMILES string of the molecule is CC(OC1CCCC1)C12CC3CC(CC1C3)C2. The lowest BCUT2D eigenvalue weighted by Crippen LogP contribution is -2.38. The van der Waals surface area contributed by atoms with Gasteiger partial charge in [-0.3, -0.25) is 0 Å². The van der Waals surface area contributed by atoms with Crippen LogP contribution in [-0.4, -0.2) is 12.2 Å². The molecule has 0 radical (unpaired) electrons. The van der Waals surface area contributed by atoms with E-state index in [1.54, 1.807) is 6.42 Å². The van der Waals surface area contributed by atoms with Crippen LogP contribution in [-0.2, 0) is 4.74 Å². The summed E-state index contributed by atoms with van der Waals surface area (Å²) in [6.07, 6.45) is 14.2.